The fraction of sp³-hybridized carbons (Fsp3) is 0.364. The number of urea groups is 1. The number of nitrogens with one attached hydrogen (secondary N) is 2. The molecule has 31 heavy (non-hydrogen) atoms. The summed E-state index contributed by atoms with van der Waals surface area (Å²) in [7, 11) is 0. The van der Waals surface area contributed by atoms with Gasteiger partial charge in [-0.3, -0.25) is 5.32 Å². The van der Waals surface area contributed by atoms with E-state index in [4.69, 9.17) is 9.15 Å². The van der Waals surface area contributed by atoms with Crippen LogP contribution in [0.1, 0.15) is 46.0 Å². The molecule has 2 N–H and O–H groups in total. The van der Waals surface area contributed by atoms with Crippen LogP contribution < -0.4 is 15.4 Å². The zero-order valence-electron chi connectivity index (χ0n) is 18.3. The Bertz CT molecular complexity index is 999. The van der Waals surface area contributed by atoms with Crippen molar-refractivity contribution < 1.29 is 13.9 Å². The summed E-state index contributed by atoms with van der Waals surface area (Å²) in [6, 6.07) is 9.36. The Morgan fingerprint density at radius 1 is 1.13 bits per heavy atom. The molecule has 0 saturated carbocycles. The number of hydrogen-bond donors (Lipinski definition) is 2. The first-order chi connectivity index (χ1) is 14.7. The normalized spacial score (nSPS) is 11.4. The Morgan fingerprint density at radius 2 is 1.87 bits per heavy atom. The highest BCUT2D eigenvalue weighted by Crippen LogP contribution is 2.26. The van der Waals surface area contributed by atoms with Crippen LogP contribution in [0.15, 0.2) is 57.3 Å². The fourth-order valence-electron chi connectivity index (χ4n) is 2.58. The number of hydrogen-bond acceptors (Lipinski definition) is 7. The Hall–Kier alpha value is -3.07. The van der Waals surface area contributed by atoms with Crippen LogP contribution in [-0.4, -0.2) is 27.0 Å². The summed E-state index contributed by atoms with van der Waals surface area (Å²) in [5.74, 6) is 1.27. The summed E-state index contributed by atoms with van der Waals surface area (Å²) in [5.41, 5.74) is 1.30. The second-order valence-electron chi connectivity index (χ2n) is 8.24. The molecule has 9 heteroatoms. The minimum Gasteiger partial charge on any atom is -0.486 e. The number of benzene rings is 1. The van der Waals surface area contributed by atoms with Crippen molar-refractivity contribution in [3.8, 4) is 5.75 Å². The minimum absolute atomic E-state index is 0.0134. The molecule has 0 spiro atoms. The Morgan fingerprint density at radius 3 is 2.48 bits per heavy atom. The molecular formula is C22H27N5O3S. The van der Waals surface area contributed by atoms with Crippen molar-refractivity contribution in [2.24, 2.45) is 0 Å². The van der Waals surface area contributed by atoms with Crippen molar-refractivity contribution in [1.82, 2.24) is 20.3 Å². The van der Waals surface area contributed by atoms with E-state index in [0.717, 1.165) is 4.90 Å². The van der Waals surface area contributed by atoms with E-state index in [0.29, 0.717) is 16.7 Å². The number of aromatic nitrogens is 3. The average Bonchev–Trinajstić information content (AvgIpc) is 3.18. The number of carbonyl (C=O) groups is 1. The predicted molar refractivity (Wildman–Crippen MR) is 119 cm³/mol. The maximum atomic E-state index is 12.1. The third-order valence-corrected chi connectivity index (χ3v) is 4.93. The molecule has 0 radical (unpaired) electrons. The van der Waals surface area contributed by atoms with Gasteiger partial charge < -0.3 is 14.5 Å². The Labute approximate surface area is 186 Å². The topological polar surface area (TPSA) is 102 Å². The van der Waals surface area contributed by atoms with Crippen molar-refractivity contribution >= 4 is 23.7 Å². The molecule has 0 aliphatic heterocycles. The van der Waals surface area contributed by atoms with Crippen LogP contribution in [0, 0.1) is 0 Å². The van der Waals surface area contributed by atoms with Gasteiger partial charge in [0.05, 0.1) is 11.2 Å². The number of rotatable bonds is 7. The third-order valence-electron chi connectivity index (χ3n) is 4.10. The van der Waals surface area contributed by atoms with Gasteiger partial charge in [0, 0.05) is 6.04 Å². The van der Waals surface area contributed by atoms with Crippen LogP contribution in [0.3, 0.4) is 0 Å². The molecule has 0 aliphatic carbocycles. The summed E-state index contributed by atoms with van der Waals surface area (Å²) < 4.78 is 11.0. The fourth-order valence-corrected chi connectivity index (χ4v) is 3.30. The molecular weight excluding hydrogens is 414 g/mol. The lowest BCUT2D eigenvalue weighted by Gasteiger charge is -2.19. The number of amides is 2. The number of anilines is 1. The van der Waals surface area contributed by atoms with E-state index in [1.54, 1.807) is 18.6 Å². The second-order valence-corrected chi connectivity index (χ2v) is 9.28. The van der Waals surface area contributed by atoms with E-state index in [2.05, 4.69) is 46.4 Å². The molecule has 0 aliphatic rings. The highest BCUT2D eigenvalue weighted by atomic mass is 32.2. The lowest BCUT2D eigenvalue weighted by Crippen LogP contribution is -2.34. The van der Waals surface area contributed by atoms with E-state index in [9.17, 15) is 4.79 Å². The van der Waals surface area contributed by atoms with Crippen LogP contribution in [-0.2, 0) is 12.0 Å². The van der Waals surface area contributed by atoms with Gasteiger partial charge in [-0.25, -0.2) is 9.78 Å². The van der Waals surface area contributed by atoms with Crippen LogP contribution in [0.5, 0.6) is 5.75 Å². The summed E-state index contributed by atoms with van der Waals surface area (Å²) in [4.78, 5) is 26.0. The first kappa shape index (κ1) is 22.6. The molecule has 1 aromatic carbocycles. The van der Waals surface area contributed by atoms with Gasteiger partial charge in [-0.15, -0.1) is 0 Å². The smallest absolute Gasteiger partial charge is 0.321 e. The molecule has 3 aromatic rings. The summed E-state index contributed by atoms with van der Waals surface area (Å²) in [5, 5.41) is 5.83. The van der Waals surface area contributed by atoms with Crippen molar-refractivity contribution in [2.75, 3.05) is 5.32 Å². The van der Waals surface area contributed by atoms with Gasteiger partial charge in [0.2, 0.25) is 5.95 Å². The molecule has 164 valence electrons. The molecule has 0 saturated heterocycles. The maximum absolute atomic E-state index is 12.1. The number of furan rings is 1. The SMILES string of the molecule is CC(C)NC(=O)Nc1nc(COc2ccc(C(C)(C)C)cc2)nc(Sc2ccoc2)n1. The van der Waals surface area contributed by atoms with Crippen molar-refractivity contribution in [1.29, 1.82) is 0 Å². The average molecular weight is 442 g/mol. The van der Waals surface area contributed by atoms with E-state index >= 15 is 0 Å². The summed E-state index contributed by atoms with van der Waals surface area (Å²) in [6.07, 6.45) is 3.17. The molecule has 0 unspecified atom stereocenters. The lowest BCUT2D eigenvalue weighted by molar-refractivity contribution is 0.249. The van der Waals surface area contributed by atoms with Gasteiger partial charge in [-0.1, -0.05) is 32.9 Å². The van der Waals surface area contributed by atoms with Gasteiger partial charge in [0.1, 0.15) is 18.6 Å². The van der Waals surface area contributed by atoms with Crippen molar-refractivity contribution in [3.63, 3.8) is 0 Å². The quantitative estimate of drug-likeness (QED) is 0.530. The van der Waals surface area contributed by atoms with Crippen LogP contribution in [0.25, 0.3) is 0 Å². The molecule has 2 amide bonds. The summed E-state index contributed by atoms with van der Waals surface area (Å²) >= 11 is 1.31. The number of nitrogens with zero attached hydrogens (tertiary/aromatic N) is 3. The van der Waals surface area contributed by atoms with E-state index in [1.807, 2.05) is 38.1 Å². The highest BCUT2D eigenvalue weighted by molar-refractivity contribution is 7.99. The van der Waals surface area contributed by atoms with Crippen LogP contribution in [0.2, 0.25) is 0 Å². The van der Waals surface area contributed by atoms with Crippen molar-refractivity contribution in [3.05, 3.63) is 54.2 Å². The minimum atomic E-state index is -0.384. The van der Waals surface area contributed by atoms with Crippen LogP contribution in [0.4, 0.5) is 10.7 Å². The molecule has 0 fully saturated rings. The van der Waals surface area contributed by atoms with E-state index in [1.165, 1.54) is 17.3 Å². The number of ether oxygens (including phenoxy) is 1. The molecule has 8 nitrogen and oxygen atoms in total. The first-order valence-corrected chi connectivity index (χ1v) is 10.8. The molecule has 0 bridgehead atoms. The summed E-state index contributed by atoms with van der Waals surface area (Å²) in [6.45, 7) is 10.4. The van der Waals surface area contributed by atoms with E-state index < -0.39 is 0 Å². The maximum Gasteiger partial charge on any atom is 0.321 e. The monoisotopic (exact) mass is 441 g/mol. The predicted octanol–water partition coefficient (Wildman–Crippen LogP) is 5.02. The van der Waals surface area contributed by atoms with E-state index in [-0.39, 0.29) is 30.0 Å². The highest BCUT2D eigenvalue weighted by Gasteiger charge is 2.14. The first-order valence-electron chi connectivity index (χ1n) is 9.95. The van der Waals surface area contributed by atoms with Crippen LogP contribution >= 0.6 is 11.8 Å². The van der Waals surface area contributed by atoms with Gasteiger partial charge in [0.15, 0.2) is 11.0 Å². The Kier molecular flexibility index (Phi) is 7.17. The zero-order chi connectivity index (χ0) is 22.4. The lowest BCUT2D eigenvalue weighted by atomic mass is 9.87. The molecule has 2 heterocycles. The largest absolute Gasteiger partial charge is 0.486 e. The Balaban J connectivity index is 1.75. The third kappa shape index (κ3) is 6.99. The molecule has 0 atom stereocenters. The van der Waals surface area contributed by atoms with Gasteiger partial charge in [-0.2, -0.15) is 9.97 Å². The van der Waals surface area contributed by atoms with Gasteiger partial charge in [0.25, 0.3) is 0 Å². The molecule has 2 aromatic heterocycles. The van der Waals surface area contributed by atoms with Crippen molar-refractivity contribution in [2.45, 2.75) is 62.7 Å². The van der Waals surface area contributed by atoms with Gasteiger partial charge >= 0.3 is 6.03 Å². The van der Waals surface area contributed by atoms with Gasteiger partial charge in [-0.05, 0) is 54.8 Å². The second kappa shape index (κ2) is 9.82. The molecule has 3 rings (SSSR count). The standard InChI is InChI=1S/C22H27N5O3S/c1-14(2)23-20(28)26-19-24-18(25-21(27-19)31-17-10-11-29-12-17)13-30-16-8-6-15(7-9-16)22(3,4)5/h6-12,14H,13H2,1-5H3,(H2,23,24,25,26,27,28). The zero-order valence-corrected chi connectivity index (χ0v) is 19.1. The number of carbonyl (C=O) groups excluding carboxylic acids is 1.